The Morgan fingerprint density at radius 2 is 2.00 bits per heavy atom. The Balaban J connectivity index is 2.37. The van der Waals surface area contributed by atoms with Crippen molar-refractivity contribution < 1.29 is 9.53 Å². The van der Waals surface area contributed by atoms with E-state index in [9.17, 15) is 4.79 Å². The van der Waals surface area contributed by atoms with Gasteiger partial charge in [-0.05, 0) is 39.0 Å². The third-order valence-electron chi connectivity index (χ3n) is 3.08. The Bertz CT molecular complexity index is 569. The highest BCUT2D eigenvalue weighted by Gasteiger charge is 2.29. The van der Waals surface area contributed by atoms with E-state index in [4.69, 9.17) is 10.00 Å². The normalized spacial score (nSPS) is 14.6. The Labute approximate surface area is 119 Å². The zero-order valence-electron chi connectivity index (χ0n) is 12.3. The molecule has 106 valence electrons. The van der Waals surface area contributed by atoms with Gasteiger partial charge < -0.3 is 9.64 Å². The topological polar surface area (TPSA) is 56.6 Å². The number of anilines is 2. The first-order valence-corrected chi connectivity index (χ1v) is 6.57. The van der Waals surface area contributed by atoms with E-state index in [1.165, 1.54) is 0 Å². The lowest BCUT2D eigenvalue weighted by atomic mass is 10.1. The van der Waals surface area contributed by atoms with Gasteiger partial charge in [0.2, 0.25) is 0 Å². The molecule has 1 amide bonds. The molecule has 1 aromatic carbocycles. The lowest BCUT2D eigenvalue weighted by Crippen LogP contribution is -2.45. The summed E-state index contributed by atoms with van der Waals surface area (Å²) in [7, 11) is 1.97. The van der Waals surface area contributed by atoms with E-state index >= 15 is 0 Å². The number of fused-ring (bicyclic) bond motifs is 1. The molecule has 1 aliphatic heterocycles. The lowest BCUT2D eigenvalue weighted by molar-refractivity contribution is 0.0580. The number of carbonyl (C=O) groups excluding carboxylic acids is 1. The van der Waals surface area contributed by atoms with Crippen molar-refractivity contribution in [3.8, 4) is 6.07 Å². The van der Waals surface area contributed by atoms with Gasteiger partial charge in [-0.25, -0.2) is 4.79 Å². The molecule has 0 fully saturated rings. The van der Waals surface area contributed by atoms with E-state index in [0.29, 0.717) is 12.1 Å². The number of rotatable bonds is 0. The van der Waals surface area contributed by atoms with Gasteiger partial charge in [0.05, 0.1) is 23.0 Å². The Morgan fingerprint density at radius 3 is 2.60 bits per heavy atom. The molecule has 1 aromatic rings. The number of ether oxygens (including phenoxy) is 1. The van der Waals surface area contributed by atoms with Crippen LogP contribution in [-0.4, -0.2) is 31.8 Å². The van der Waals surface area contributed by atoms with Gasteiger partial charge in [0.1, 0.15) is 5.60 Å². The number of amides is 1. The molecule has 5 nitrogen and oxygen atoms in total. The lowest BCUT2D eigenvalue weighted by Gasteiger charge is -2.36. The standard InChI is InChI=1S/C15H19N3O2/c1-15(2,3)20-14(19)18-8-7-17(4)12-6-5-11(10-16)9-13(12)18/h5-6,9H,7-8H2,1-4H3. The van der Waals surface area contributed by atoms with Gasteiger partial charge in [-0.15, -0.1) is 0 Å². The molecule has 1 heterocycles. The molecule has 0 spiro atoms. The minimum atomic E-state index is -0.534. The van der Waals surface area contributed by atoms with Crippen LogP contribution in [0.5, 0.6) is 0 Å². The van der Waals surface area contributed by atoms with E-state index in [2.05, 4.69) is 11.0 Å². The zero-order chi connectivity index (χ0) is 14.9. The Morgan fingerprint density at radius 1 is 1.30 bits per heavy atom. The molecule has 5 heteroatoms. The van der Waals surface area contributed by atoms with Crippen molar-refractivity contribution in [1.29, 1.82) is 5.26 Å². The molecule has 1 aliphatic rings. The Hall–Kier alpha value is -2.22. The number of carbonyl (C=O) groups is 1. The van der Waals surface area contributed by atoms with Crippen LogP contribution in [0.1, 0.15) is 26.3 Å². The predicted octanol–water partition coefficient (Wildman–Crippen LogP) is 2.75. The first kappa shape index (κ1) is 14.2. The maximum Gasteiger partial charge on any atom is 0.414 e. The van der Waals surface area contributed by atoms with Gasteiger partial charge in [0.15, 0.2) is 0 Å². The van der Waals surface area contributed by atoms with Crippen LogP contribution < -0.4 is 9.80 Å². The molecule has 2 rings (SSSR count). The van der Waals surface area contributed by atoms with Gasteiger partial charge in [0.25, 0.3) is 0 Å². The summed E-state index contributed by atoms with van der Waals surface area (Å²) >= 11 is 0. The van der Waals surface area contributed by atoms with E-state index in [-0.39, 0.29) is 6.09 Å². The molecule has 0 bridgehead atoms. The maximum absolute atomic E-state index is 12.3. The minimum absolute atomic E-state index is 0.373. The average molecular weight is 273 g/mol. The molecule has 0 radical (unpaired) electrons. The first-order valence-electron chi connectivity index (χ1n) is 6.57. The van der Waals surface area contributed by atoms with Crippen molar-refractivity contribution in [3.63, 3.8) is 0 Å². The largest absolute Gasteiger partial charge is 0.443 e. The number of benzene rings is 1. The number of nitriles is 1. The fourth-order valence-electron chi connectivity index (χ4n) is 2.13. The second-order valence-electron chi connectivity index (χ2n) is 5.87. The van der Waals surface area contributed by atoms with Gasteiger partial charge in [-0.3, -0.25) is 4.90 Å². The van der Waals surface area contributed by atoms with Crippen LogP contribution in [0.2, 0.25) is 0 Å². The van der Waals surface area contributed by atoms with Crippen molar-refractivity contribution in [2.75, 3.05) is 29.9 Å². The van der Waals surface area contributed by atoms with Crippen molar-refractivity contribution >= 4 is 17.5 Å². The highest BCUT2D eigenvalue weighted by molar-refractivity contribution is 5.94. The number of nitrogens with zero attached hydrogens (tertiary/aromatic N) is 3. The molecular formula is C15H19N3O2. The molecule has 0 saturated carbocycles. The van der Waals surface area contributed by atoms with Crippen LogP contribution in [0.15, 0.2) is 18.2 Å². The number of hydrogen-bond acceptors (Lipinski definition) is 4. The Kier molecular flexibility index (Phi) is 3.58. The van der Waals surface area contributed by atoms with Crippen LogP contribution in [0.4, 0.5) is 16.2 Å². The van der Waals surface area contributed by atoms with Crippen molar-refractivity contribution in [3.05, 3.63) is 23.8 Å². The van der Waals surface area contributed by atoms with Crippen LogP contribution in [0.3, 0.4) is 0 Å². The molecule has 0 N–H and O–H groups in total. The predicted molar refractivity (Wildman–Crippen MR) is 78.0 cm³/mol. The smallest absolute Gasteiger partial charge is 0.414 e. The molecule has 0 atom stereocenters. The summed E-state index contributed by atoms with van der Waals surface area (Å²) in [6.45, 7) is 6.81. The molecule has 0 unspecified atom stereocenters. The molecule has 20 heavy (non-hydrogen) atoms. The minimum Gasteiger partial charge on any atom is -0.443 e. The van der Waals surface area contributed by atoms with E-state index in [1.807, 2.05) is 33.9 Å². The van der Waals surface area contributed by atoms with Crippen LogP contribution in [0, 0.1) is 11.3 Å². The van der Waals surface area contributed by atoms with Crippen molar-refractivity contribution in [2.45, 2.75) is 26.4 Å². The average Bonchev–Trinajstić information content (AvgIpc) is 2.36. The van der Waals surface area contributed by atoms with E-state index in [0.717, 1.165) is 17.9 Å². The summed E-state index contributed by atoms with van der Waals surface area (Å²) in [6, 6.07) is 7.46. The van der Waals surface area contributed by atoms with Crippen LogP contribution in [0.25, 0.3) is 0 Å². The van der Waals surface area contributed by atoms with Crippen molar-refractivity contribution in [1.82, 2.24) is 0 Å². The second-order valence-corrected chi connectivity index (χ2v) is 5.87. The summed E-state index contributed by atoms with van der Waals surface area (Å²) in [6.07, 6.45) is -0.373. The number of likely N-dealkylation sites (N-methyl/N-ethyl adjacent to an activating group) is 1. The SMILES string of the molecule is CN1CCN(C(=O)OC(C)(C)C)c2cc(C#N)ccc21. The van der Waals surface area contributed by atoms with E-state index in [1.54, 1.807) is 17.0 Å². The second kappa shape index (κ2) is 5.04. The monoisotopic (exact) mass is 273 g/mol. The fraction of sp³-hybridized carbons (Fsp3) is 0.467. The summed E-state index contributed by atoms with van der Waals surface area (Å²) in [5.74, 6) is 0. The van der Waals surface area contributed by atoms with Gasteiger partial charge >= 0.3 is 6.09 Å². The number of hydrogen-bond donors (Lipinski definition) is 0. The summed E-state index contributed by atoms with van der Waals surface area (Å²) in [5, 5.41) is 9.02. The molecule has 0 aliphatic carbocycles. The highest BCUT2D eigenvalue weighted by Crippen LogP contribution is 2.33. The molecule has 0 saturated heterocycles. The maximum atomic E-state index is 12.3. The summed E-state index contributed by atoms with van der Waals surface area (Å²) < 4.78 is 5.43. The molecular weight excluding hydrogens is 254 g/mol. The quantitative estimate of drug-likeness (QED) is 0.729. The van der Waals surface area contributed by atoms with Gasteiger partial charge in [-0.1, -0.05) is 0 Å². The van der Waals surface area contributed by atoms with Gasteiger partial charge in [-0.2, -0.15) is 5.26 Å². The van der Waals surface area contributed by atoms with Crippen LogP contribution >= 0.6 is 0 Å². The third kappa shape index (κ3) is 2.85. The summed E-state index contributed by atoms with van der Waals surface area (Å²) in [5.41, 5.74) is 1.66. The van der Waals surface area contributed by atoms with E-state index < -0.39 is 5.60 Å². The summed E-state index contributed by atoms with van der Waals surface area (Å²) in [4.78, 5) is 16.0. The first-order chi connectivity index (χ1) is 9.31. The van der Waals surface area contributed by atoms with Crippen LogP contribution in [-0.2, 0) is 4.74 Å². The fourth-order valence-corrected chi connectivity index (χ4v) is 2.13. The van der Waals surface area contributed by atoms with Crippen molar-refractivity contribution in [2.24, 2.45) is 0 Å². The zero-order valence-corrected chi connectivity index (χ0v) is 12.3. The van der Waals surface area contributed by atoms with Gasteiger partial charge in [0, 0.05) is 20.1 Å². The third-order valence-corrected chi connectivity index (χ3v) is 3.08. The molecule has 0 aromatic heterocycles. The highest BCUT2D eigenvalue weighted by atomic mass is 16.6.